The minimum Gasteiger partial charge on any atom is -0.485 e. The molecule has 2 N–H and O–H groups in total. The summed E-state index contributed by atoms with van der Waals surface area (Å²) < 4.78 is 38.8. The fourth-order valence-electron chi connectivity index (χ4n) is 7.66. The molecular weight excluding hydrogens is 933 g/mol. The highest BCUT2D eigenvalue weighted by atomic mass is 32.1. The molecule has 0 spiro atoms. The summed E-state index contributed by atoms with van der Waals surface area (Å²) in [5.41, 5.74) is 6.59. The van der Waals surface area contributed by atoms with E-state index in [1.54, 1.807) is 42.5 Å². The molecule has 0 saturated heterocycles. The van der Waals surface area contributed by atoms with Crippen LogP contribution < -0.4 is 39.1 Å². The second kappa shape index (κ2) is 24.8. The van der Waals surface area contributed by atoms with Gasteiger partial charge in [0.1, 0.15) is 39.6 Å². The molecule has 0 aliphatic heterocycles. The topological polar surface area (TPSA) is 114 Å². The van der Waals surface area contributed by atoms with Gasteiger partial charge in [0.2, 0.25) is 11.5 Å². The minimum atomic E-state index is -0.508. The van der Waals surface area contributed by atoms with E-state index in [9.17, 15) is 9.59 Å². The zero-order chi connectivity index (χ0) is 50.0. The summed E-state index contributed by atoms with van der Waals surface area (Å²) >= 11 is 4.62. The zero-order valence-corrected chi connectivity index (χ0v) is 40.7. The number of benzene rings is 9. The van der Waals surface area contributed by atoms with E-state index < -0.39 is 11.8 Å². The van der Waals surface area contributed by atoms with Crippen molar-refractivity contribution >= 4 is 35.8 Å². The van der Waals surface area contributed by atoms with Crippen molar-refractivity contribution < 1.29 is 38.0 Å². The first kappa shape index (κ1) is 49.1. The Balaban J connectivity index is 1.03. The molecule has 9 aromatic carbocycles. The fraction of sp³-hybridized carbons (Fsp3) is 0.0968. The quantitative estimate of drug-likeness (QED) is 0.0576. The van der Waals surface area contributed by atoms with Crippen LogP contribution in [0, 0.1) is 0 Å². The summed E-state index contributed by atoms with van der Waals surface area (Å²) in [6, 6.07) is 70.0. The van der Waals surface area contributed by atoms with Crippen LogP contribution in [0.15, 0.2) is 229 Å². The molecule has 0 bridgehead atoms. The number of ether oxygens (including phenoxy) is 6. The average Bonchev–Trinajstić information content (AvgIpc) is 3.44. The van der Waals surface area contributed by atoms with Crippen molar-refractivity contribution in [3.05, 3.63) is 269 Å². The Morgan fingerprint density at radius 2 is 0.575 bits per heavy atom. The number of carbonyl (C=O) groups excluding carboxylic acids is 2. The van der Waals surface area contributed by atoms with Gasteiger partial charge in [0.25, 0.3) is 11.8 Å². The van der Waals surface area contributed by atoms with E-state index in [0.717, 1.165) is 33.4 Å². The summed E-state index contributed by atoms with van der Waals surface area (Å²) in [5, 5.41) is 6.04. The third-order valence-electron chi connectivity index (χ3n) is 11.5. The lowest BCUT2D eigenvalue weighted by Crippen LogP contribution is -2.18. The molecule has 0 unspecified atom stereocenters. The van der Waals surface area contributed by atoms with E-state index in [1.165, 1.54) is 0 Å². The van der Waals surface area contributed by atoms with Gasteiger partial charge in [-0.1, -0.05) is 182 Å². The molecule has 9 aromatic rings. The Morgan fingerprint density at radius 3 is 0.863 bits per heavy atom. The van der Waals surface area contributed by atoms with Gasteiger partial charge in [-0.2, -0.15) is 0 Å². The molecule has 364 valence electrons. The molecule has 0 aliphatic carbocycles. The smallest absolute Gasteiger partial charge is 0.255 e. The number of carbonyl (C=O) groups is 2. The third kappa shape index (κ3) is 13.9. The third-order valence-corrected chi connectivity index (χ3v) is 11.7. The molecule has 0 fully saturated rings. The minimum absolute atomic E-state index is 0.196. The van der Waals surface area contributed by atoms with E-state index in [4.69, 9.17) is 28.4 Å². The lowest BCUT2D eigenvalue weighted by Gasteiger charge is -2.20. The van der Waals surface area contributed by atoms with E-state index in [-0.39, 0.29) is 56.5 Å². The molecule has 73 heavy (non-hydrogen) atoms. The maximum absolute atomic E-state index is 14.6. The van der Waals surface area contributed by atoms with E-state index in [0.29, 0.717) is 45.1 Å². The second-order valence-electron chi connectivity index (χ2n) is 16.9. The molecule has 0 aliphatic rings. The summed E-state index contributed by atoms with van der Waals surface area (Å²) in [6.45, 7) is 1.23. The Hall–Kier alpha value is -8.93. The molecule has 0 heterocycles. The van der Waals surface area contributed by atoms with E-state index in [1.807, 2.05) is 182 Å². The Bertz CT molecular complexity index is 3090. The molecule has 0 radical (unpaired) electrons. The summed E-state index contributed by atoms with van der Waals surface area (Å²) in [5.74, 6) is 0.898. The highest BCUT2D eigenvalue weighted by molar-refractivity contribution is 7.80. The zero-order valence-electron chi connectivity index (χ0n) is 39.8. The number of hydrogen-bond acceptors (Lipinski definition) is 9. The maximum atomic E-state index is 14.6. The number of amides is 2. The first-order chi connectivity index (χ1) is 35.9. The van der Waals surface area contributed by atoms with Gasteiger partial charge in [-0.15, -0.1) is 12.6 Å². The number of rotatable bonds is 22. The van der Waals surface area contributed by atoms with Gasteiger partial charge < -0.3 is 39.1 Å². The number of nitrogens with one attached hydrogen (secondary N) is 2. The number of hydrogen-bond donors (Lipinski definition) is 3. The molecule has 0 atom stereocenters. The van der Waals surface area contributed by atoms with Crippen molar-refractivity contribution in [3.8, 4) is 34.5 Å². The Labute approximate surface area is 430 Å². The van der Waals surface area contributed by atoms with Gasteiger partial charge in [0.05, 0.1) is 11.4 Å². The summed E-state index contributed by atoms with van der Waals surface area (Å²) in [4.78, 5) is 29.7. The highest BCUT2D eigenvalue weighted by Gasteiger charge is 2.23. The second-order valence-corrected chi connectivity index (χ2v) is 17.4. The van der Waals surface area contributed by atoms with Crippen LogP contribution in [0.3, 0.4) is 0 Å². The van der Waals surface area contributed by atoms with Gasteiger partial charge in [-0.25, -0.2) is 0 Å². The predicted molar refractivity (Wildman–Crippen MR) is 287 cm³/mol. The summed E-state index contributed by atoms with van der Waals surface area (Å²) in [7, 11) is 0. The van der Waals surface area contributed by atoms with Gasteiger partial charge in [-0.05, 0) is 75.8 Å². The van der Waals surface area contributed by atoms with E-state index >= 15 is 0 Å². The van der Waals surface area contributed by atoms with Crippen LogP contribution in [-0.4, -0.2) is 11.8 Å². The Kier molecular flexibility index (Phi) is 16.6. The van der Waals surface area contributed by atoms with Gasteiger partial charge in [0.15, 0.2) is 23.0 Å². The largest absolute Gasteiger partial charge is 0.485 e. The normalized spacial score (nSPS) is 10.7. The summed E-state index contributed by atoms with van der Waals surface area (Å²) in [6.07, 6.45) is 0. The van der Waals surface area contributed by atoms with Crippen molar-refractivity contribution in [3.63, 3.8) is 0 Å². The number of thiol groups is 1. The van der Waals surface area contributed by atoms with Crippen LogP contribution in [0.4, 0.5) is 11.4 Å². The van der Waals surface area contributed by atoms with Crippen molar-refractivity contribution in [2.45, 2.75) is 44.5 Å². The molecule has 11 heteroatoms. The molecule has 10 nitrogen and oxygen atoms in total. The van der Waals surface area contributed by atoms with Crippen LogP contribution >= 0.6 is 12.6 Å². The lowest BCUT2D eigenvalue weighted by atomic mass is 10.1. The standard InChI is InChI=1S/C62H52N2O8S/c65-61(50-33-55(67-38-44-19-7-1-8-20-44)59(71-42-48-27-15-5-16-28-48)56(34-50)68-39-45-21-9-2-10-22-45)63-53-32-31-52(73)37-54(53)64-62(66)51-35-57(69-40-46-23-11-3-12-24-46)60(72-43-49-29-17-6-18-30-49)58(36-51)70-41-47-25-13-4-14-26-47/h1-37,73H,38-43H2,(H,63,65)(H,64,66). The maximum Gasteiger partial charge on any atom is 0.255 e. The average molecular weight is 985 g/mol. The van der Waals surface area contributed by atoms with Crippen molar-refractivity contribution in [1.29, 1.82) is 0 Å². The molecule has 0 saturated carbocycles. The monoisotopic (exact) mass is 984 g/mol. The molecule has 2 amide bonds. The Morgan fingerprint density at radius 1 is 0.315 bits per heavy atom. The molecule has 0 aromatic heterocycles. The first-order valence-electron chi connectivity index (χ1n) is 23.7. The van der Waals surface area contributed by atoms with Crippen LogP contribution in [-0.2, 0) is 39.6 Å². The van der Waals surface area contributed by atoms with Crippen LogP contribution in [0.2, 0.25) is 0 Å². The van der Waals surface area contributed by atoms with Crippen molar-refractivity contribution in [2.75, 3.05) is 10.6 Å². The van der Waals surface area contributed by atoms with E-state index in [2.05, 4.69) is 23.3 Å². The first-order valence-corrected chi connectivity index (χ1v) is 24.2. The van der Waals surface area contributed by atoms with Crippen molar-refractivity contribution in [2.24, 2.45) is 0 Å². The SMILES string of the molecule is O=C(Nc1ccc(S)cc1NC(=O)c1cc(OCc2ccccc2)c(OCc2ccccc2)c(OCc2ccccc2)c1)c1cc(OCc2ccccc2)c(OCc2ccccc2)c(OCc2ccccc2)c1. The van der Waals surface area contributed by atoms with Crippen LogP contribution in [0.25, 0.3) is 0 Å². The number of anilines is 2. The fourth-order valence-corrected chi connectivity index (χ4v) is 7.87. The molecule has 9 rings (SSSR count). The predicted octanol–water partition coefficient (Wildman–Crippen LogP) is 14.0. The lowest BCUT2D eigenvalue weighted by molar-refractivity contribution is 0.101. The van der Waals surface area contributed by atoms with Crippen LogP contribution in [0.1, 0.15) is 54.1 Å². The highest BCUT2D eigenvalue weighted by Crippen LogP contribution is 2.43. The van der Waals surface area contributed by atoms with Gasteiger partial charge >= 0.3 is 0 Å². The van der Waals surface area contributed by atoms with Crippen LogP contribution in [0.5, 0.6) is 34.5 Å². The van der Waals surface area contributed by atoms with Gasteiger partial charge in [-0.3, -0.25) is 9.59 Å². The molecular formula is C62H52N2O8S. The van der Waals surface area contributed by atoms with Crippen molar-refractivity contribution in [1.82, 2.24) is 0 Å². The van der Waals surface area contributed by atoms with Gasteiger partial charge in [0, 0.05) is 16.0 Å².